The predicted octanol–water partition coefficient (Wildman–Crippen LogP) is 15.7. The molecule has 2 fully saturated rings. The molecule has 56 heavy (non-hydrogen) atoms. The monoisotopic (exact) mass is 880 g/mol. The molecule has 0 heterocycles. The van der Waals surface area contributed by atoms with Crippen molar-refractivity contribution in [2.75, 3.05) is 0 Å². The van der Waals surface area contributed by atoms with Crippen LogP contribution in [0.3, 0.4) is 0 Å². The van der Waals surface area contributed by atoms with Crippen molar-refractivity contribution in [2.24, 2.45) is 11.8 Å². The summed E-state index contributed by atoms with van der Waals surface area (Å²) in [5, 5.41) is 0. The molecule has 8 rings (SSSR count). The molecule has 0 aliphatic heterocycles. The number of hydrogen-bond acceptors (Lipinski definition) is 0. The zero-order chi connectivity index (χ0) is 37.6. The molecule has 0 bridgehead atoms. The van der Waals surface area contributed by atoms with Crippen LogP contribution >= 0.6 is 24.8 Å². The van der Waals surface area contributed by atoms with E-state index in [0.29, 0.717) is 7.25 Å². The fourth-order valence-corrected chi connectivity index (χ4v) is 38.5. The van der Waals surface area contributed by atoms with Gasteiger partial charge in [0.1, 0.15) is 0 Å². The maximum atomic E-state index is 2.99. The fraction of sp³-hybridized carbons (Fsp3) is 0.462. The molecule has 4 aromatic rings. The van der Waals surface area contributed by atoms with Crippen LogP contribution in [0.2, 0.25) is 8.76 Å². The Balaban J connectivity index is 0.00000266. The third-order valence-electron chi connectivity index (χ3n) is 14.6. The van der Waals surface area contributed by atoms with Crippen molar-refractivity contribution < 1.29 is 17.4 Å². The van der Waals surface area contributed by atoms with Crippen LogP contribution < -0.4 is 0 Å². The molecule has 2 unspecified atom stereocenters. The topological polar surface area (TPSA) is 0 Å². The second-order valence-electron chi connectivity index (χ2n) is 19.4. The maximum absolute atomic E-state index is 3.93. The van der Waals surface area contributed by atoms with Crippen LogP contribution in [0.4, 0.5) is 0 Å². The molecule has 0 saturated heterocycles. The van der Waals surface area contributed by atoms with E-state index in [1.165, 1.54) is 132 Å². The first kappa shape index (κ1) is 43.6. The fourth-order valence-electron chi connectivity index (χ4n) is 12.7. The molecule has 4 aliphatic carbocycles. The molecule has 0 amide bonds. The van der Waals surface area contributed by atoms with Gasteiger partial charge in [0.05, 0.1) is 0 Å². The van der Waals surface area contributed by atoms with E-state index in [2.05, 4.69) is 131 Å². The van der Waals surface area contributed by atoms with Crippen molar-refractivity contribution >= 4 is 43.8 Å². The first-order valence-corrected chi connectivity index (χ1v) is 34.9. The second-order valence-corrected chi connectivity index (χ2v) is 47.8. The molecule has 2 saturated carbocycles. The van der Waals surface area contributed by atoms with Gasteiger partial charge in [-0.05, 0) is 0 Å². The summed E-state index contributed by atoms with van der Waals surface area (Å²) in [4.78, 5) is 0. The number of aryl methyl sites for hydroxylation is 4. The van der Waals surface area contributed by atoms with Crippen LogP contribution in [0.25, 0.3) is 34.4 Å². The first-order valence-electron chi connectivity index (χ1n) is 21.9. The Morgan fingerprint density at radius 2 is 0.929 bits per heavy atom. The van der Waals surface area contributed by atoms with E-state index in [0.717, 1.165) is 11.8 Å². The third-order valence-corrected chi connectivity index (χ3v) is 38.1. The molecular weight excluding hydrogens is 815 g/mol. The maximum Gasteiger partial charge on any atom is -0.147 e. The zero-order valence-corrected chi connectivity index (χ0v) is 40.8. The van der Waals surface area contributed by atoms with E-state index >= 15 is 0 Å². The van der Waals surface area contributed by atoms with Crippen LogP contribution in [-0.2, 0) is 17.4 Å². The van der Waals surface area contributed by atoms with E-state index < -0.39 is 17.4 Å². The van der Waals surface area contributed by atoms with Crippen molar-refractivity contribution in [2.45, 2.75) is 134 Å². The van der Waals surface area contributed by atoms with Gasteiger partial charge in [0.2, 0.25) is 0 Å². The van der Waals surface area contributed by atoms with Gasteiger partial charge in [-0.3, -0.25) is 0 Å². The number of halogens is 2. The van der Waals surface area contributed by atoms with E-state index in [-0.39, 0.29) is 24.8 Å². The van der Waals surface area contributed by atoms with Crippen LogP contribution in [0.5, 0.6) is 0 Å². The summed E-state index contributed by atoms with van der Waals surface area (Å²) in [7, 11) is 0. The summed E-state index contributed by atoms with van der Waals surface area (Å²) < 4.78 is 5.57. The van der Waals surface area contributed by atoms with E-state index in [4.69, 9.17) is 0 Å². The van der Waals surface area contributed by atoms with Crippen molar-refractivity contribution in [1.29, 1.82) is 0 Å². The number of benzene rings is 4. The van der Waals surface area contributed by atoms with Crippen LogP contribution in [-0.4, -0.2) is 6.88 Å². The molecular formula is C52H68Cl2SiZr. The molecule has 4 heteroatoms. The Labute approximate surface area is 355 Å². The van der Waals surface area contributed by atoms with Crippen molar-refractivity contribution in [3.63, 3.8) is 0 Å². The zero-order valence-electron chi connectivity index (χ0n) is 35.3. The molecule has 0 nitrogen and oxygen atoms in total. The Hall–Kier alpha value is -1.96. The summed E-state index contributed by atoms with van der Waals surface area (Å²) in [5.41, 5.74) is 21.3. The van der Waals surface area contributed by atoms with E-state index in [9.17, 15) is 0 Å². The first-order chi connectivity index (χ1) is 26.0. The predicted molar refractivity (Wildman–Crippen MR) is 251 cm³/mol. The van der Waals surface area contributed by atoms with Gasteiger partial charge in [-0.15, -0.1) is 24.8 Å². The van der Waals surface area contributed by atoms with E-state index in [1.54, 1.807) is 22.3 Å². The van der Waals surface area contributed by atoms with E-state index in [1.807, 2.05) is 11.1 Å². The molecule has 4 aromatic carbocycles. The molecule has 0 N–H and O–H groups in total. The average molecular weight is 883 g/mol. The van der Waals surface area contributed by atoms with Crippen LogP contribution in [0.1, 0.15) is 142 Å². The van der Waals surface area contributed by atoms with Crippen LogP contribution in [0, 0.1) is 39.5 Å². The standard InChI is InChI=1S/2C24H27.C3H7.CH3.2ClH.H2Si.Zr/c2*1-17-11-18(2)13-22(12-17)23-10-6-9-21-15-20(16-24(21)23)14-19-7-4-3-5-8-19;1-3-2;;;;;/h2*6,9-13,15-16,19H,3-5,7-8,14H2,1-2H3;1,3H2,2H3;1H3;2*1H;1H2;. The smallest absolute Gasteiger partial charge is 0.147 e. The Kier molecular flexibility index (Phi) is 13.8. The van der Waals surface area contributed by atoms with Gasteiger partial charge in [0.25, 0.3) is 0 Å². The Morgan fingerprint density at radius 3 is 1.29 bits per heavy atom. The van der Waals surface area contributed by atoms with Gasteiger partial charge >= 0.3 is 333 Å². The van der Waals surface area contributed by atoms with Gasteiger partial charge in [-0.25, -0.2) is 0 Å². The third kappa shape index (κ3) is 8.40. The normalized spacial score (nSPS) is 20.1. The number of rotatable bonds is 10. The summed E-state index contributed by atoms with van der Waals surface area (Å²) in [6.07, 6.45) is 23.6. The van der Waals surface area contributed by atoms with Gasteiger partial charge < -0.3 is 0 Å². The number of hydrogen-bond donors (Lipinski definition) is 0. The minimum absolute atomic E-state index is 0. The Bertz CT molecular complexity index is 2010. The quantitative estimate of drug-likeness (QED) is 0.139. The Morgan fingerprint density at radius 1 is 0.554 bits per heavy atom. The van der Waals surface area contributed by atoms with Gasteiger partial charge in [-0.2, -0.15) is 0 Å². The van der Waals surface area contributed by atoms with Gasteiger partial charge in [0.15, 0.2) is 0 Å². The molecule has 2 atom stereocenters. The summed E-state index contributed by atoms with van der Waals surface area (Å²) in [6, 6.07) is 29.4. The average Bonchev–Trinajstić information content (AvgIpc) is 3.71. The van der Waals surface area contributed by atoms with Gasteiger partial charge in [-0.1, -0.05) is 0 Å². The van der Waals surface area contributed by atoms with Crippen molar-refractivity contribution in [3.05, 3.63) is 128 Å². The summed E-state index contributed by atoms with van der Waals surface area (Å²) in [6.45, 7) is 14.2. The molecule has 0 radical (unpaired) electrons. The van der Waals surface area contributed by atoms with Crippen LogP contribution in [0.15, 0.2) is 83.9 Å². The number of allylic oxidation sites excluding steroid dienone is 2. The summed E-state index contributed by atoms with van der Waals surface area (Å²) >= 11 is -3.93. The summed E-state index contributed by atoms with van der Waals surface area (Å²) in [5.74, 6) is 1.67. The minimum Gasteiger partial charge on any atom is -0.147 e. The molecule has 0 aromatic heterocycles. The second kappa shape index (κ2) is 17.7. The SMILES string of the molecule is CC[CH2][Zr]([CH3])(=[SiH2])([CH]1C(CC2CCCCC2)=Cc2c(-c3cc(C)cc(C)c3)cccc21)[CH]1C(CC2CCCCC2)=Cc2c(-c3cc(C)cc(C)c3)cccc21.Cl.Cl. The molecule has 4 aliphatic rings. The van der Waals surface area contributed by atoms with Gasteiger partial charge in [0, 0.05) is 0 Å². The van der Waals surface area contributed by atoms with Crippen molar-refractivity contribution in [3.8, 4) is 22.3 Å². The minimum atomic E-state index is -3.93. The largest absolute Gasteiger partial charge is 0.147 e. The molecule has 0 spiro atoms. The number of fused-ring (bicyclic) bond motifs is 2. The molecule has 298 valence electrons. The van der Waals surface area contributed by atoms with Crippen molar-refractivity contribution in [1.82, 2.24) is 0 Å².